The van der Waals surface area contributed by atoms with Crippen LogP contribution < -0.4 is 5.32 Å². The first kappa shape index (κ1) is 14.4. The van der Waals surface area contributed by atoms with Crippen molar-refractivity contribution in [2.24, 2.45) is 0 Å². The van der Waals surface area contributed by atoms with E-state index >= 15 is 0 Å². The van der Waals surface area contributed by atoms with Gasteiger partial charge in [-0.2, -0.15) is 0 Å². The number of aromatic nitrogens is 2. The number of benzene rings is 1. The smallest absolute Gasteiger partial charge is 0.148 e. The van der Waals surface area contributed by atoms with E-state index in [0.29, 0.717) is 16.6 Å². The normalized spacial score (nSPS) is 12.4. The summed E-state index contributed by atoms with van der Waals surface area (Å²) in [6, 6.07) is 3.11. The van der Waals surface area contributed by atoms with E-state index in [1.807, 2.05) is 6.92 Å². The second kappa shape index (κ2) is 6.41. The van der Waals surface area contributed by atoms with Gasteiger partial charge in [-0.25, -0.2) is 14.4 Å². The van der Waals surface area contributed by atoms with Gasteiger partial charge in [0.2, 0.25) is 0 Å². The maximum atomic E-state index is 14.3. The Morgan fingerprint density at radius 1 is 1.37 bits per heavy atom. The molecule has 100 valence electrons. The van der Waals surface area contributed by atoms with Crippen LogP contribution >= 0.6 is 27.5 Å². The van der Waals surface area contributed by atoms with Crippen LogP contribution in [0, 0.1) is 5.82 Å². The van der Waals surface area contributed by atoms with Crippen molar-refractivity contribution < 1.29 is 4.39 Å². The minimum atomic E-state index is -0.439. The predicted molar refractivity (Wildman–Crippen MR) is 76.7 cm³/mol. The van der Waals surface area contributed by atoms with E-state index in [0.717, 1.165) is 5.56 Å². The van der Waals surface area contributed by atoms with Gasteiger partial charge in [0.05, 0.1) is 11.1 Å². The highest BCUT2D eigenvalue weighted by Crippen LogP contribution is 2.32. The van der Waals surface area contributed by atoms with Crippen LogP contribution in [0.5, 0.6) is 0 Å². The molecule has 1 aromatic heterocycles. The van der Waals surface area contributed by atoms with E-state index in [2.05, 4.69) is 31.2 Å². The summed E-state index contributed by atoms with van der Waals surface area (Å²) >= 11 is 9.14. The highest BCUT2D eigenvalue weighted by atomic mass is 79.9. The molecule has 0 aliphatic heterocycles. The van der Waals surface area contributed by atoms with Gasteiger partial charge in [0, 0.05) is 28.0 Å². The monoisotopic (exact) mass is 343 g/mol. The van der Waals surface area contributed by atoms with Crippen molar-refractivity contribution in [1.29, 1.82) is 0 Å². The molecule has 0 saturated carbocycles. The molecule has 1 unspecified atom stereocenters. The Morgan fingerprint density at radius 2 is 2.05 bits per heavy atom. The van der Waals surface area contributed by atoms with E-state index in [1.54, 1.807) is 24.5 Å². The number of hydrogen-bond donors (Lipinski definition) is 1. The lowest BCUT2D eigenvalue weighted by molar-refractivity contribution is 0.557. The van der Waals surface area contributed by atoms with Crippen LogP contribution in [0.4, 0.5) is 4.39 Å². The fourth-order valence-corrected chi connectivity index (χ4v) is 2.31. The standard InChI is InChI=1S/C13H12BrClFN3/c1-2-19-13(8-5-17-7-18-6-8)9-3-4-10(14)11(15)12(9)16/h3-7,13,19H,2H2,1H3. The van der Waals surface area contributed by atoms with Crippen molar-refractivity contribution in [3.63, 3.8) is 0 Å². The molecule has 19 heavy (non-hydrogen) atoms. The Labute approximate surface area is 124 Å². The number of hydrogen-bond acceptors (Lipinski definition) is 3. The lowest BCUT2D eigenvalue weighted by Crippen LogP contribution is -2.23. The molecular weight excluding hydrogens is 333 g/mol. The van der Waals surface area contributed by atoms with Crippen molar-refractivity contribution in [2.45, 2.75) is 13.0 Å². The zero-order chi connectivity index (χ0) is 13.8. The Kier molecular flexibility index (Phi) is 4.85. The van der Waals surface area contributed by atoms with Crippen LogP contribution in [0.2, 0.25) is 5.02 Å². The average molecular weight is 345 g/mol. The zero-order valence-electron chi connectivity index (χ0n) is 10.2. The van der Waals surface area contributed by atoms with E-state index in [9.17, 15) is 4.39 Å². The van der Waals surface area contributed by atoms with Gasteiger partial charge in [-0.05, 0) is 28.5 Å². The minimum absolute atomic E-state index is 0.0808. The first-order chi connectivity index (χ1) is 9.15. The topological polar surface area (TPSA) is 37.8 Å². The molecule has 6 heteroatoms. The summed E-state index contributed by atoms with van der Waals surface area (Å²) in [7, 11) is 0. The molecular formula is C13H12BrClFN3. The highest BCUT2D eigenvalue weighted by molar-refractivity contribution is 9.10. The maximum Gasteiger partial charge on any atom is 0.148 e. The predicted octanol–water partition coefficient (Wildman–Crippen LogP) is 3.73. The van der Waals surface area contributed by atoms with E-state index in [-0.39, 0.29) is 11.1 Å². The van der Waals surface area contributed by atoms with Crippen LogP contribution in [0.25, 0.3) is 0 Å². The molecule has 0 aliphatic rings. The average Bonchev–Trinajstić information content (AvgIpc) is 2.44. The van der Waals surface area contributed by atoms with Gasteiger partial charge in [-0.3, -0.25) is 0 Å². The lowest BCUT2D eigenvalue weighted by Gasteiger charge is -2.19. The summed E-state index contributed by atoms with van der Waals surface area (Å²) in [5, 5.41) is 3.29. The minimum Gasteiger partial charge on any atom is -0.306 e. The summed E-state index contributed by atoms with van der Waals surface area (Å²) < 4.78 is 14.8. The van der Waals surface area contributed by atoms with Gasteiger partial charge in [-0.15, -0.1) is 0 Å². The summed E-state index contributed by atoms with van der Waals surface area (Å²) in [5.74, 6) is -0.439. The molecule has 0 bridgehead atoms. The number of halogens is 3. The molecule has 1 atom stereocenters. The van der Waals surface area contributed by atoms with E-state index in [1.165, 1.54) is 6.33 Å². The third-order valence-corrected chi connectivity index (χ3v) is 3.96. The second-order valence-electron chi connectivity index (χ2n) is 3.93. The quantitative estimate of drug-likeness (QED) is 0.859. The third-order valence-electron chi connectivity index (χ3n) is 2.70. The molecule has 0 fully saturated rings. The molecule has 0 aliphatic carbocycles. The first-order valence-corrected chi connectivity index (χ1v) is 6.94. The molecule has 2 aromatic rings. The lowest BCUT2D eigenvalue weighted by atomic mass is 10.0. The van der Waals surface area contributed by atoms with Gasteiger partial charge < -0.3 is 5.32 Å². The van der Waals surface area contributed by atoms with Crippen molar-refractivity contribution in [3.8, 4) is 0 Å². The van der Waals surface area contributed by atoms with Gasteiger partial charge in [0.15, 0.2) is 0 Å². The zero-order valence-corrected chi connectivity index (χ0v) is 12.5. The molecule has 2 rings (SSSR count). The number of rotatable bonds is 4. The summed E-state index contributed by atoms with van der Waals surface area (Å²) in [5.41, 5.74) is 1.27. The molecule has 0 radical (unpaired) electrons. The summed E-state index contributed by atoms with van der Waals surface area (Å²) in [6.45, 7) is 2.64. The highest BCUT2D eigenvalue weighted by Gasteiger charge is 2.20. The third kappa shape index (κ3) is 3.11. The molecule has 3 nitrogen and oxygen atoms in total. The Hall–Kier alpha value is -1.04. The first-order valence-electron chi connectivity index (χ1n) is 5.76. The SMILES string of the molecule is CCNC(c1cncnc1)c1ccc(Br)c(Cl)c1F. The van der Waals surface area contributed by atoms with E-state index in [4.69, 9.17) is 11.6 Å². The molecule has 0 saturated heterocycles. The molecule has 1 aromatic carbocycles. The van der Waals surface area contributed by atoms with Crippen LogP contribution in [0.1, 0.15) is 24.1 Å². The Bertz CT molecular complexity index is 565. The summed E-state index contributed by atoms with van der Waals surface area (Å²) in [4.78, 5) is 7.93. The van der Waals surface area contributed by atoms with Crippen molar-refractivity contribution in [1.82, 2.24) is 15.3 Å². The van der Waals surface area contributed by atoms with Gasteiger partial charge >= 0.3 is 0 Å². The molecule has 1 heterocycles. The van der Waals surface area contributed by atoms with Crippen LogP contribution in [-0.4, -0.2) is 16.5 Å². The summed E-state index contributed by atoms with van der Waals surface area (Å²) in [6.07, 6.45) is 4.77. The van der Waals surface area contributed by atoms with Gasteiger partial charge in [0.1, 0.15) is 12.1 Å². The van der Waals surface area contributed by atoms with Gasteiger partial charge in [0.25, 0.3) is 0 Å². The Balaban J connectivity index is 2.49. The van der Waals surface area contributed by atoms with Crippen LogP contribution in [0.3, 0.4) is 0 Å². The fraction of sp³-hybridized carbons (Fsp3) is 0.231. The molecule has 0 amide bonds. The van der Waals surface area contributed by atoms with Crippen molar-refractivity contribution in [2.75, 3.05) is 6.54 Å². The number of nitrogens with one attached hydrogen (secondary N) is 1. The van der Waals surface area contributed by atoms with Crippen LogP contribution in [0.15, 0.2) is 35.3 Å². The largest absolute Gasteiger partial charge is 0.306 e. The molecule has 1 N–H and O–H groups in total. The second-order valence-corrected chi connectivity index (χ2v) is 5.16. The fourth-order valence-electron chi connectivity index (χ4n) is 1.83. The maximum absolute atomic E-state index is 14.3. The Morgan fingerprint density at radius 3 is 2.68 bits per heavy atom. The van der Waals surface area contributed by atoms with Crippen molar-refractivity contribution >= 4 is 27.5 Å². The van der Waals surface area contributed by atoms with Gasteiger partial charge in [-0.1, -0.05) is 24.6 Å². The molecule has 0 spiro atoms. The van der Waals surface area contributed by atoms with E-state index < -0.39 is 5.82 Å². The number of nitrogens with zero attached hydrogens (tertiary/aromatic N) is 2. The van der Waals surface area contributed by atoms with Crippen molar-refractivity contribution in [3.05, 3.63) is 57.3 Å². The van der Waals surface area contributed by atoms with Crippen LogP contribution in [-0.2, 0) is 0 Å².